The predicted octanol–water partition coefficient (Wildman–Crippen LogP) is 4.48. The number of thioether (sulfide) groups is 1. The first-order chi connectivity index (χ1) is 13.6. The van der Waals surface area contributed by atoms with E-state index in [0.717, 1.165) is 5.56 Å². The zero-order valence-electron chi connectivity index (χ0n) is 14.9. The smallest absolute Gasteiger partial charge is 0.254 e. The highest BCUT2D eigenvalue weighted by Gasteiger charge is 2.15. The molecule has 0 radical (unpaired) electrons. The van der Waals surface area contributed by atoms with Crippen LogP contribution >= 0.6 is 23.4 Å². The van der Waals surface area contributed by atoms with E-state index < -0.39 is 11.7 Å². The molecule has 0 saturated heterocycles. The fourth-order valence-electron chi connectivity index (χ4n) is 2.53. The average molecular weight is 417 g/mol. The van der Waals surface area contributed by atoms with Gasteiger partial charge >= 0.3 is 0 Å². The van der Waals surface area contributed by atoms with Crippen LogP contribution in [-0.4, -0.2) is 20.7 Å². The third-order valence-electron chi connectivity index (χ3n) is 3.95. The van der Waals surface area contributed by atoms with Crippen molar-refractivity contribution in [2.24, 2.45) is 0 Å². The molecule has 0 aliphatic heterocycles. The van der Waals surface area contributed by atoms with Gasteiger partial charge in [-0.15, -0.1) is 16.8 Å². The minimum atomic E-state index is -0.566. The van der Waals surface area contributed by atoms with Gasteiger partial charge in [0.2, 0.25) is 0 Å². The summed E-state index contributed by atoms with van der Waals surface area (Å²) in [4.78, 5) is 12.2. The number of allylic oxidation sites excluding steroid dienone is 1. The van der Waals surface area contributed by atoms with E-state index in [4.69, 9.17) is 11.6 Å². The van der Waals surface area contributed by atoms with Gasteiger partial charge in [-0.25, -0.2) is 4.39 Å². The molecular weight excluding hydrogens is 399 g/mol. The fraction of sp³-hybridized carbons (Fsp3) is 0.150. The van der Waals surface area contributed by atoms with Crippen molar-refractivity contribution >= 4 is 29.3 Å². The molecule has 0 saturated carbocycles. The van der Waals surface area contributed by atoms with Crippen molar-refractivity contribution < 1.29 is 9.18 Å². The van der Waals surface area contributed by atoms with Gasteiger partial charge in [0.1, 0.15) is 5.82 Å². The number of rotatable bonds is 8. The molecule has 8 heteroatoms. The van der Waals surface area contributed by atoms with Crippen molar-refractivity contribution in [2.45, 2.75) is 24.0 Å². The summed E-state index contributed by atoms with van der Waals surface area (Å²) >= 11 is 7.69. The van der Waals surface area contributed by atoms with E-state index in [1.807, 2.05) is 28.8 Å². The maximum absolute atomic E-state index is 13.7. The van der Waals surface area contributed by atoms with Gasteiger partial charge in [-0.1, -0.05) is 59.8 Å². The van der Waals surface area contributed by atoms with Gasteiger partial charge in [0.25, 0.3) is 5.91 Å². The molecule has 0 fully saturated rings. The Kier molecular flexibility index (Phi) is 6.84. The Morgan fingerprint density at radius 1 is 1.21 bits per heavy atom. The largest absolute Gasteiger partial charge is 0.345 e. The van der Waals surface area contributed by atoms with Crippen LogP contribution < -0.4 is 5.32 Å². The van der Waals surface area contributed by atoms with Crippen LogP contribution in [0.1, 0.15) is 21.7 Å². The average Bonchev–Trinajstić information content (AvgIpc) is 3.08. The summed E-state index contributed by atoms with van der Waals surface area (Å²) in [6.07, 6.45) is 1.73. The maximum atomic E-state index is 13.7. The number of carbonyl (C=O) groups excluding carboxylic acids is 1. The normalized spacial score (nSPS) is 10.6. The molecule has 144 valence electrons. The molecule has 1 amide bonds. The molecule has 3 rings (SSSR count). The molecule has 5 nitrogen and oxygen atoms in total. The van der Waals surface area contributed by atoms with E-state index in [2.05, 4.69) is 22.1 Å². The van der Waals surface area contributed by atoms with E-state index in [-0.39, 0.29) is 12.1 Å². The summed E-state index contributed by atoms with van der Waals surface area (Å²) in [5.74, 6) is 0.127. The predicted molar refractivity (Wildman–Crippen MR) is 109 cm³/mol. The van der Waals surface area contributed by atoms with Crippen LogP contribution in [0.15, 0.2) is 66.3 Å². The van der Waals surface area contributed by atoms with Crippen LogP contribution in [0.4, 0.5) is 4.39 Å². The van der Waals surface area contributed by atoms with E-state index in [1.165, 1.54) is 30.0 Å². The summed E-state index contributed by atoms with van der Waals surface area (Å²) in [5, 5.41) is 12.4. The van der Waals surface area contributed by atoms with Gasteiger partial charge in [-0.2, -0.15) is 0 Å². The van der Waals surface area contributed by atoms with Crippen LogP contribution in [0.3, 0.4) is 0 Å². The summed E-state index contributed by atoms with van der Waals surface area (Å²) in [6, 6.07) is 13.4. The Hall–Kier alpha value is -2.64. The zero-order chi connectivity index (χ0) is 19.9. The molecule has 28 heavy (non-hydrogen) atoms. The van der Waals surface area contributed by atoms with Crippen LogP contribution in [-0.2, 0) is 18.8 Å². The summed E-state index contributed by atoms with van der Waals surface area (Å²) in [5.41, 5.74) is 0.988. The second-order valence-corrected chi connectivity index (χ2v) is 7.19. The number of amides is 1. The van der Waals surface area contributed by atoms with Crippen molar-refractivity contribution in [3.63, 3.8) is 0 Å². The van der Waals surface area contributed by atoms with Gasteiger partial charge in [0.15, 0.2) is 11.0 Å². The van der Waals surface area contributed by atoms with Gasteiger partial charge in [0.05, 0.1) is 12.1 Å². The molecular formula is C20H18ClFN4OS. The maximum Gasteiger partial charge on any atom is 0.254 e. The second kappa shape index (κ2) is 9.52. The van der Waals surface area contributed by atoms with Crippen LogP contribution in [0.5, 0.6) is 0 Å². The fourth-order valence-corrected chi connectivity index (χ4v) is 3.78. The summed E-state index contributed by atoms with van der Waals surface area (Å²) in [7, 11) is 0. The van der Waals surface area contributed by atoms with Gasteiger partial charge in [-0.05, 0) is 23.8 Å². The molecule has 0 aliphatic carbocycles. The number of halogens is 2. The Labute approximate surface area is 171 Å². The van der Waals surface area contributed by atoms with Crippen molar-refractivity contribution in [1.82, 2.24) is 20.1 Å². The Morgan fingerprint density at radius 3 is 2.71 bits per heavy atom. The first-order valence-corrected chi connectivity index (χ1v) is 9.88. The highest BCUT2D eigenvalue weighted by molar-refractivity contribution is 7.98. The number of benzene rings is 2. The van der Waals surface area contributed by atoms with Crippen LogP contribution in [0.2, 0.25) is 5.02 Å². The van der Waals surface area contributed by atoms with E-state index in [1.54, 1.807) is 12.1 Å². The summed E-state index contributed by atoms with van der Waals surface area (Å²) in [6.45, 7) is 4.38. The first-order valence-electron chi connectivity index (χ1n) is 8.52. The number of nitrogens with zero attached hydrogens (tertiary/aromatic N) is 3. The lowest BCUT2D eigenvalue weighted by atomic mass is 10.2. The van der Waals surface area contributed by atoms with Crippen LogP contribution in [0.25, 0.3) is 0 Å². The zero-order valence-corrected chi connectivity index (χ0v) is 16.5. The second-order valence-electron chi connectivity index (χ2n) is 5.84. The molecule has 0 atom stereocenters. The highest BCUT2D eigenvalue weighted by atomic mass is 35.5. The van der Waals surface area contributed by atoms with Crippen molar-refractivity contribution in [3.05, 3.63) is 89.0 Å². The number of hydrogen-bond donors (Lipinski definition) is 1. The van der Waals surface area contributed by atoms with Crippen LogP contribution in [0, 0.1) is 5.82 Å². The number of carbonyl (C=O) groups is 1. The molecule has 0 bridgehead atoms. The third-order valence-corrected chi connectivity index (χ3v) is 5.33. The monoisotopic (exact) mass is 416 g/mol. The Balaban J connectivity index is 1.70. The summed E-state index contributed by atoms with van der Waals surface area (Å²) < 4.78 is 15.6. The number of aromatic nitrogens is 3. The van der Waals surface area contributed by atoms with Crippen molar-refractivity contribution in [2.75, 3.05) is 0 Å². The molecule has 2 aromatic carbocycles. The van der Waals surface area contributed by atoms with Crippen molar-refractivity contribution in [3.8, 4) is 0 Å². The van der Waals surface area contributed by atoms with Gasteiger partial charge < -0.3 is 9.88 Å². The number of hydrogen-bond acceptors (Lipinski definition) is 4. The quantitative estimate of drug-likeness (QED) is 0.434. The Bertz CT molecular complexity index is 992. The number of nitrogens with one attached hydrogen (secondary N) is 1. The van der Waals surface area contributed by atoms with E-state index >= 15 is 0 Å². The van der Waals surface area contributed by atoms with E-state index in [9.17, 15) is 9.18 Å². The van der Waals surface area contributed by atoms with Gasteiger partial charge in [-0.3, -0.25) is 4.79 Å². The molecule has 3 aromatic rings. The van der Waals surface area contributed by atoms with Gasteiger partial charge in [0, 0.05) is 17.3 Å². The molecule has 0 spiro atoms. The molecule has 0 aliphatic rings. The lowest BCUT2D eigenvalue weighted by Gasteiger charge is -2.09. The van der Waals surface area contributed by atoms with E-state index in [0.29, 0.717) is 28.3 Å². The molecule has 1 aromatic heterocycles. The minimum Gasteiger partial charge on any atom is -0.345 e. The lowest BCUT2D eigenvalue weighted by molar-refractivity contribution is 0.0945. The topological polar surface area (TPSA) is 59.8 Å². The molecule has 1 heterocycles. The third kappa shape index (κ3) is 4.79. The standard InChI is InChI=1S/C20H18ClFN4OS/c1-2-11-26-18(12-23-19(27)15-8-4-6-10-17(15)22)24-25-20(26)28-13-14-7-3-5-9-16(14)21/h2-10H,1,11-13H2,(H,23,27). The molecule has 1 N–H and O–H groups in total. The minimum absolute atomic E-state index is 0.00870. The first kappa shape index (κ1) is 20.1. The lowest BCUT2D eigenvalue weighted by Crippen LogP contribution is -2.25. The van der Waals surface area contributed by atoms with Crippen molar-refractivity contribution in [1.29, 1.82) is 0 Å². The SMILES string of the molecule is C=CCn1c(CNC(=O)c2ccccc2F)nnc1SCc1ccccc1Cl. The molecule has 0 unspecified atom stereocenters. The highest BCUT2D eigenvalue weighted by Crippen LogP contribution is 2.26. The Morgan fingerprint density at radius 2 is 1.96 bits per heavy atom.